The van der Waals surface area contributed by atoms with Crippen molar-refractivity contribution in [2.24, 2.45) is 7.05 Å². The summed E-state index contributed by atoms with van der Waals surface area (Å²) in [7, 11) is 5.72. The highest BCUT2D eigenvalue weighted by atomic mass is 15.3. The quantitative estimate of drug-likeness (QED) is 0.744. The molecule has 0 aromatic carbocycles. The van der Waals surface area contributed by atoms with Gasteiger partial charge in [-0.05, 0) is 6.92 Å². The van der Waals surface area contributed by atoms with Crippen molar-refractivity contribution >= 4 is 17.8 Å². The first-order valence-electron chi connectivity index (χ1n) is 6.84. The maximum Gasteiger partial charge on any atom is 0.231 e. The van der Waals surface area contributed by atoms with Gasteiger partial charge in [-0.25, -0.2) is 0 Å². The van der Waals surface area contributed by atoms with Gasteiger partial charge < -0.3 is 20.1 Å². The van der Waals surface area contributed by atoms with Gasteiger partial charge in [0.1, 0.15) is 12.2 Å². The summed E-state index contributed by atoms with van der Waals surface area (Å²) in [6.45, 7) is 3.44. The first kappa shape index (κ1) is 14.9. The zero-order valence-corrected chi connectivity index (χ0v) is 12.8. The van der Waals surface area contributed by atoms with Gasteiger partial charge in [0, 0.05) is 40.7 Å². The molecule has 0 amide bonds. The van der Waals surface area contributed by atoms with Crippen molar-refractivity contribution in [3.8, 4) is 0 Å². The van der Waals surface area contributed by atoms with E-state index < -0.39 is 0 Å². The molecule has 0 unspecified atom stereocenters. The van der Waals surface area contributed by atoms with E-state index in [2.05, 4.69) is 35.8 Å². The maximum atomic E-state index is 4.37. The van der Waals surface area contributed by atoms with Crippen LogP contribution in [0.3, 0.4) is 0 Å². The van der Waals surface area contributed by atoms with Gasteiger partial charge >= 0.3 is 0 Å². The second-order valence-electron chi connectivity index (χ2n) is 4.74. The molecular formula is C12H21N9. The Morgan fingerprint density at radius 2 is 1.86 bits per heavy atom. The highest BCUT2D eigenvalue weighted by molar-refractivity contribution is 5.42. The molecule has 0 aliphatic carbocycles. The van der Waals surface area contributed by atoms with Gasteiger partial charge in [0.05, 0.1) is 0 Å². The van der Waals surface area contributed by atoms with Crippen LogP contribution in [-0.2, 0) is 13.5 Å². The Morgan fingerprint density at radius 1 is 1.14 bits per heavy atom. The molecule has 2 aromatic heterocycles. The molecular weight excluding hydrogens is 270 g/mol. The summed E-state index contributed by atoms with van der Waals surface area (Å²) in [5.74, 6) is 2.64. The smallest absolute Gasteiger partial charge is 0.231 e. The van der Waals surface area contributed by atoms with Gasteiger partial charge in [0.15, 0.2) is 0 Å². The van der Waals surface area contributed by atoms with Gasteiger partial charge in [-0.2, -0.15) is 15.0 Å². The summed E-state index contributed by atoms with van der Waals surface area (Å²) in [5, 5.41) is 14.2. The minimum absolute atomic E-state index is 0.548. The number of aryl methyl sites for hydroxylation is 1. The van der Waals surface area contributed by atoms with Crippen molar-refractivity contribution in [3.05, 3.63) is 12.2 Å². The number of nitrogens with zero attached hydrogens (tertiary/aromatic N) is 7. The lowest BCUT2D eigenvalue weighted by Crippen LogP contribution is -2.18. The summed E-state index contributed by atoms with van der Waals surface area (Å²) in [6, 6.07) is 0. The molecule has 0 bridgehead atoms. The molecule has 2 N–H and O–H groups in total. The molecule has 114 valence electrons. The predicted octanol–water partition coefficient (Wildman–Crippen LogP) is 0.153. The van der Waals surface area contributed by atoms with Crippen LogP contribution in [-0.4, -0.2) is 56.9 Å². The average Bonchev–Trinajstić information content (AvgIpc) is 2.84. The fraction of sp³-hybridized carbons (Fsp3) is 0.583. The second kappa shape index (κ2) is 6.82. The first-order valence-corrected chi connectivity index (χ1v) is 6.84. The molecule has 0 fully saturated rings. The molecule has 0 aliphatic rings. The van der Waals surface area contributed by atoms with Crippen LogP contribution >= 0.6 is 0 Å². The monoisotopic (exact) mass is 291 g/mol. The normalized spacial score (nSPS) is 10.5. The SMILES string of the molecule is CCNc1nc(NCCc2nncn2C)nc(N(C)C)n1. The van der Waals surface area contributed by atoms with E-state index in [0.29, 0.717) is 24.4 Å². The van der Waals surface area contributed by atoms with Gasteiger partial charge in [0.25, 0.3) is 0 Å². The number of anilines is 3. The molecule has 2 heterocycles. The third-order valence-electron chi connectivity index (χ3n) is 2.80. The highest BCUT2D eigenvalue weighted by Crippen LogP contribution is 2.11. The lowest BCUT2D eigenvalue weighted by atomic mass is 10.4. The summed E-state index contributed by atoms with van der Waals surface area (Å²) in [5.41, 5.74) is 0. The predicted molar refractivity (Wildman–Crippen MR) is 81.5 cm³/mol. The third-order valence-corrected chi connectivity index (χ3v) is 2.80. The molecule has 9 nitrogen and oxygen atoms in total. The third kappa shape index (κ3) is 4.01. The Morgan fingerprint density at radius 3 is 2.43 bits per heavy atom. The van der Waals surface area contributed by atoms with Gasteiger partial charge in [-0.3, -0.25) is 0 Å². The van der Waals surface area contributed by atoms with Crippen molar-refractivity contribution in [1.82, 2.24) is 29.7 Å². The van der Waals surface area contributed by atoms with Gasteiger partial charge in [0.2, 0.25) is 17.8 Å². The highest BCUT2D eigenvalue weighted by Gasteiger charge is 2.08. The van der Waals surface area contributed by atoms with Crippen molar-refractivity contribution in [1.29, 1.82) is 0 Å². The Hall–Kier alpha value is -2.45. The number of hydrogen-bond acceptors (Lipinski definition) is 8. The Kier molecular flexibility index (Phi) is 4.85. The van der Waals surface area contributed by atoms with Crippen LogP contribution in [0.15, 0.2) is 6.33 Å². The largest absolute Gasteiger partial charge is 0.354 e. The van der Waals surface area contributed by atoms with Crippen molar-refractivity contribution in [3.63, 3.8) is 0 Å². The van der Waals surface area contributed by atoms with E-state index in [0.717, 1.165) is 18.8 Å². The van der Waals surface area contributed by atoms with E-state index in [-0.39, 0.29) is 0 Å². The molecule has 0 saturated carbocycles. The number of aromatic nitrogens is 6. The number of hydrogen-bond donors (Lipinski definition) is 2. The molecule has 2 rings (SSSR count). The minimum Gasteiger partial charge on any atom is -0.354 e. The van der Waals surface area contributed by atoms with Crippen molar-refractivity contribution < 1.29 is 0 Å². The van der Waals surface area contributed by atoms with Crippen LogP contribution in [0.25, 0.3) is 0 Å². The molecule has 9 heteroatoms. The minimum atomic E-state index is 0.548. The van der Waals surface area contributed by atoms with Crippen LogP contribution in [0, 0.1) is 0 Å². The fourth-order valence-electron chi connectivity index (χ4n) is 1.70. The molecule has 0 saturated heterocycles. The summed E-state index contributed by atoms with van der Waals surface area (Å²) < 4.78 is 1.89. The van der Waals surface area contributed by atoms with Crippen molar-refractivity contribution in [2.45, 2.75) is 13.3 Å². The lowest BCUT2D eigenvalue weighted by Gasteiger charge is -2.13. The standard InChI is InChI=1S/C12H21N9/c1-5-13-10-16-11(18-12(17-10)20(2)3)14-7-6-9-19-15-8-21(9)4/h8H,5-7H2,1-4H3,(H2,13,14,16,17,18). The van der Waals surface area contributed by atoms with E-state index in [1.54, 1.807) is 6.33 Å². The Balaban J connectivity index is 2.02. The van der Waals surface area contributed by atoms with E-state index in [9.17, 15) is 0 Å². The summed E-state index contributed by atoms with van der Waals surface area (Å²) in [6.07, 6.45) is 2.43. The van der Waals surface area contributed by atoms with Crippen LogP contribution in [0.1, 0.15) is 12.7 Å². The molecule has 0 radical (unpaired) electrons. The Labute approximate surface area is 123 Å². The zero-order valence-electron chi connectivity index (χ0n) is 12.8. The molecule has 0 aliphatic heterocycles. The van der Waals surface area contributed by atoms with E-state index in [1.807, 2.05) is 37.5 Å². The van der Waals surface area contributed by atoms with Crippen molar-refractivity contribution in [2.75, 3.05) is 42.7 Å². The van der Waals surface area contributed by atoms with E-state index in [4.69, 9.17) is 0 Å². The summed E-state index contributed by atoms with van der Waals surface area (Å²) >= 11 is 0. The average molecular weight is 291 g/mol. The molecule has 2 aromatic rings. The zero-order chi connectivity index (χ0) is 15.2. The van der Waals surface area contributed by atoms with E-state index >= 15 is 0 Å². The van der Waals surface area contributed by atoms with E-state index in [1.165, 1.54) is 0 Å². The topological polar surface area (TPSA) is 96.7 Å². The van der Waals surface area contributed by atoms with Gasteiger partial charge in [-0.1, -0.05) is 0 Å². The van der Waals surface area contributed by atoms with Gasteiger partial charge in [-0.15, -0.1) is 10.2 Å². The van der Waals surface area contributed by atoms with Crippen LogP contribution < -0.4 is 15.5 Å². The molecule has 0 spiro atoms. The Bertz CT molecular complexity index is 578. The lowest BCUT2D eigenvalue weighted by molar-refractivity contribution is 0.784. The number of rotatable bonds is 7. The summed E-state index contributed by atoms with van der Waals surface area (Å²) in [4.78, 5) is 14.9. The van der Waals surface area contributed by atoms with Crippen LogP contribution in [0.5, 0.6) is 0 Å². The van der Waals surface area contributed by atoms with Crippen LogP contribution in [0.2, 0.25) is 0 Å². The molecule has 0 atom stereocenters. The van der Waals surface area contributed by atoms with Crippen LogP contribution in [0.4, 0.5) is 17.8 Å². The molecule has 21 heavy (non-hydrogen) atoms. The fourth-order valence-corrected chi connectivity index (χ4v) is 1.70. The maximum absolute atomic E-state index is 4.37. The second-order valence-corrected chi connectivity index (χ2v) is 4.74. The number of nitrogens with one attached hydrogen (secondary N) is 2. The first-order chi connectivity index (χ1) is 10.1.